The third-order valence-corrected chi connectivity index (χ3v) is 8.65. The lowest BCUT2D eigenvalue weighted by molar-refractivity contribution is 0.0131. The predicted molar refractivity (Wildman–Crippen MR) is 98.2 cm³/mol. The summed E-state index contributed by atoms with van der Waals surface area (Å²) in [5, 5.41) is 15.9. The first-order valence-electron chi connectivity index (χ1n) is 10.9. The Hall–Kier alpha value is -1.20. The first-order valence-corrected chi connectivity index (χ1v) is 10.9. The fourth-order valence-electron chi connectivity index (χ4n) is 8.64. The van der Waals surface area contributed by atoms with Crippen LogP contribution in [-0.4, -0.2) is 11.1 Å². The molecule has 0 unspecified atom stereocenters. The van der Waals surface area contributed by atoms with Crippen LogP contribution >= 0.6 is 0 Å². The Kier molecular flexibility index (Phi) is 3.44. The van der Waals surface area contributed by atoms with E-state index in [1.807, 2.05) is 0 Å². The first-order chi connectivity index (χ1) is 12.7. The van der Waals surface area contributed by atoms with E-state index in [1.165, 1.54) is 77.0 Å². The van der Waals surface area contributed by atoms with Crippen molar-refractivity contribution in [3.8, 4) is 0 Å². The molecule has 0 N–H and O–H groups in total. The summed E-state index contributed by atoms with van der Waals surface area (Å²) in [5.74, 6) is 5.29. The molecule has 0 aromatic carbocycles. The quantitative estimate of drug-likeness (QED) is 0.409. The third kappa shape index (κ3) is 2.66. The van der Waals surface area contributed by atoms with Gasteiger partial charge in [0, 0.05) is 0 Å². The molecule has 6 heteroatoms. The van der Waals surface area contributed by atoms with Gasteiger partial charge in [-0.2, -0.15) is 0 Å². The minimum absolute atomic E-state index is 0.0742. The summed E-state index contributed by atoms with van der Waals surface area (Å²) in [7, 11) is 0. The topological polar surface area (TPSA) is 77.6 Å². The Labute approximate surface area is 156 Å². The van der Waals surface area contributed by atoms with Gasteiger partial charge in [0.15, 0.2) is 0 Å². The van der Waals surface area contributed by atoms with Crippen LogP contribution in [0.1, 0.15) is 77.0 Å². The Morgan fingerprint density at radius 3 is 1.00 bits per heavy atom. The van der Waals surface area contributed by atoms with Gasteiger partial charge in [-0.1, -0.05) is 0 Å². The van der Waals surface area contributed by atoms with Gasteiger partial charge in [-0.05, 0) is 124 Å². The average Bonchev–Trinajstić information content (AvgIpc) is 2.55. The number of nitrogens with zero attached hydrogens (tertiary/aromatic N) is 6. The van der Waals surface area contributed by atoms with E-state index in [4.69, 9.17) is 0 Å². The Balaban J connectivity index is 1.04. The van der Waals surface area contributed by atoms with Gasteiger partial charge in [0.2, 0.25) is 0 Å². The standard InChI is InChI=1S/C20H30N6/c1-13-2-15-3-14(1)8-19(7-13,9-15)21-23-25-26-24-22-20-10-16-4-17(11-20)6-18(5-16)12-20/h13-18H,1-12H2/q-2. The molecule has 142 valence electrons. The molecule has 8 aliphatic rings. The van der Waals surface area contributed by atoms with Crippen molar-refractivity contribution in [1.29, 1.82) is 0 Å². The number of hydrogen-bond donors (Lipinski definition) is 0. The van der Waals surface area contributed by atoms with Gasteiger partial charge in [-0.25, -0.2) is 0 Å². The lowest BCUT2D eigenvalue weighted by Gasteiger charge is -2.59. The molecule has 0 saturated heterocycles. The summed E-state index contributed by atoms with van der Waals surface area (Å²) < 4.78 is 0. The summed E-state index contributed by atoms with van der Waals surface area (Å²) in [6.07, 6.45) is 15.8. The molecule has 0 aromatic rings. The lowest BCUT2D eigenvalue weighted by Crippen LogP contribution is -2.49. The van der Waals surface area contributed by atoms with Gasteiger partial charge in [-0.15, -0.1) is 0 Å². The van der Waals surface area contributed by atoms with Crippen LogP contribution in [-0.2, 0) is 0 Å². The number of hydrogen-bond acceptors (Lipinski definition) is 2. The van der Waals surface area contributed by atoms with Crippen molar-refractivity contribution in [2.45, 2.75) is 88.1 Å². The lowest BCUT2D eigenvalue weighted by atomic mass is 9.53. The first kappa shape index (κ1) is 15.8. The van der Waals surface area contributed by atoms with E-state index in [0.29, 0.717) is 0 Å². The second-order valence-electron chi connectivity index (χ2n) is 10.8. The second-order valence-corrected chi connectivity index (χ2v) is 10.8. The van der Waals surface area contributed by atoms with Gasteiger partial charge < -0.3 is 21.3 Å². The van der Waals surface area contributed by atoms with Gasteiger partial charge in [0.1, 0.15) is 0 Å². The van der Waals surface area contributed by atoms with Crippen molar-refractivity contribution >= 4 is 0 Å². The largest absolute Gasteiger partial charge is 0.375 e. The smallest absolute Gasteiger partial charge is 0.00958 e. The SMILES string of the molecule is C1C2CC3CC1CC([N-]/N=N/N=N/[N-]C14CC5CC(CC(C5)C1)C4)(C2)C3. The molecule has 0 aromatic heterocycles. The normalized spacial score (nSPS) is 53.8. The molecule has 8 bridgehead atoms. The third-order valence-electron chi connectivity index (χ3n) is 8.65. The maximum Gasteiger partial charge on any atom is -0.00958 e. The molecule has 0 radical (unpaired) electrons. The fraction of sp³-hybridized carbons (Fsp3) is 1.00. The van der Waals surface area contributed by atoms with Crippen LogP contribution in [0.3, 0.4) is 0 Å². The minimum atomic E-state index is 0.0742. The van der Waals surface area contributed by atoms with Crippen LogP contribution in [0, 0.1) is 35.5 Å². The highest BCUT2D eigenvalue weighted by molar-refractivity contribution is 5.16. The van der Waals surface area contributed by atoms with E-state index in [1.54, 1.807) is 0 Å². The molecule has 8 rings (SSSR count). The van der Waals surface area contributed by atoms with E-state index < -0.39 is 0 Å². The molecule has 6 nitrogen and oxygen atoms in total. The van der Waals surface area contributed by atoms with Crippen LogP contribution in [0.2, 0.25) is 0 Å². The van der Waals surface area contributed by atoms with Crippen LogP contribution in [0.15, 0.2) is 20.9 Å². The van der Waals surface area contributed by atoms with E-state index in [-0.39, 0.29) is 11.1 Å². The van der Waals surface area contributed by atoms with Crippen LogP contribution < -0.4 is 0 Å². The van der Waals surface area contributed by atoms with Crippen molar-refractivity contribution in [3.63, 3.8) is 0 Å². The van der Waals surface area contributed by atoms with Crippen LogP contribution in [0.5, 0.6) is 0 Å². The zero-order valence-electron chi connectivity index (χ0n) is 15.6. The summed E-state index contributed by atoms with van der Waals surface area (Å²) in [6.45, 7) is 0. The van der Waals surface area contributed by atoms with Crippen molar-refractivity contribution < 1.29 is 0 Å². The summed E-state index contributed by atoms with van der Waals surface area (Å²) in [4.78, 5) is 0. The molecule has 0 atom stereocenters. The predicted octanol–water partition coefficient (Wildman–Crippen LogP) is 6.32. The summed E-state index contributed by atoms with van der Waals surface area (Å²) in [6, 6.07) is 0. The number of rotatable bonds is 5. The van der Waals surface area contributed by atoms with Crippen molar-refractivity contribution in [3.05, 3.63) is 10.9 Å². The maximum atomic E-state index is 4.64. The Morgan fingerprint density at radius 1 is 0.462 bits per heavy atom. The highest BCUT2D eigenvalue weighted by atomic mass is 15.6. The molecule has 0 heterocycles. The van der Waals surface area contributed by atoms with Gasteiger partial charge in [0.25, 0.3) is 0 Å². The molecule has 0 amide bonds. The fourth-order valence-corrected chi connectivity index (χ4v) is 8.64. The average molecular weight is 355 g/mol. The molecule has 0 aliphatic heterocycles. The van der Waals surface area contributed by atoms with E-state index in [9.17, 15) is 0 Å². The molecule has 8 aliphatic carbocycles. The summed E-state index contributed by atoms with van der Waals surface area (Å²) >= 11 is 0. The molecular weight excluding hydrogens is 324 g/mol. The molecule has 8 fully saturated rings. The van der Waals surface area contributed by atoms with Gasteiger partial charge in [0.05, 0.1) is 0 Å². The van der Waals surface area contributed by atoms with E-state index >= 15 is 0 Å². The van der Waals surface area contributed by atoms with E-state index in [2.05, 4.69) is 31.7 Å². The summed E-state index contributed by atoms with van der Waals surface area (Å²) in [5.41, 5.74) is 9.43. The van der Waals surface area contributed by atoms with Crippen LogP contribution in [0.25, 0.3) is 10.9 Å². The second kappa shape index (κ2) is 5.65. The minimum Gasteiger partial charge on any atom is -0.375 e. The van der Waals surface area contributed by atoms with Gasteiger partial charge in [-0.3, -0.25) is 10.4 Å². The molecular formula is C20H30N6-2. The highest BCUT2D eigenvalue weighted by Crippen LogP contribution is 2.59. The molecule has 8 saturated carbocycles. The van der Waals surface area contributed by atoms with Crippen molar-refractivity contribution in [2.24, 2.45) is 56.4 Å². The van der Waals surface area contributed by atoms with E-state index in [0.717, 1.165) is 35.5 Å². The monoisotopic (exact) mass is 354 g/mol. The van der Waals surface area contributed by atoms with Crippen molar-refractivity contribution in [1.82, 2.24) is 0 Å². The Morgan fingerprint density at radius 2 is 0.731 bits per heavy atom. The highest BCUT2D eigenvalue weighted by Gasteiger charge is 2.49. The zero-order valence-corrected chi connectivity index (χ0v) is 15.6. The zero-order chi connectivity index (χ0) is 17.2. The van der Waals surface area contributed by atoms with Crippen LogP contribution in [0.4, 0.5) is 0 Å². The molecule has 26 heavy (non-hydrogen) atoms. The molecule has 0 spiro atoms. The van der Waals surface area contributed by atoms with Crippen molar-refractivity contribution in [2.75, 3.05) is 0 Å². The van der Waals surface area contributed by atoms with Gasteiger partial charge >= 0.3 is 0 Å². The maximum absolute atomic E-state index is 4.64. The Bertz CT molecular complexity index is 501.